The van der Waals surface area contributed by atoms with Crippen molar-refractivity contribution in [2.75, 3.05) is 11.4 Å². The van der Waals surface area contributed by atoms with Crippen LogP contribution in [0, 0.1) is 11.6 Å². The molecule has 1 saturated heterocycles. The highest BCUT2D eigenvalue weighted by Gasteiger charge is 2.33. The van der Waals surface area contributed by atoms with Crippen LogP contribution in [0.2, 0.25) is 5.02 Å². The lowest BCUT2D eigenvalue weighted by Crippen LogP contribution is -2.37. The van der Waals surface area contributed by atoms with Gasteiger partial charge in [-0.25, -0.2) is 13.6 Å². The van der Waals surface area contributed by atoms with E-state index in [0.29, 0.717) is 30.1 Å². The van der Waals surface area contributed by atoms with E-state index in [9.17, 15) is 23.5 Å². The van der Waals surface area contributed by atoms with E-state index in [2.05, 4.69) is 5.10 Å². The number of aliphatic carboxylic acids is 1. The number of carbonyl (C=O) groups is 1. The lowest BCUT2D eigenvalue weighted by atomic mass is 10.2. The van der Waals surface area contributed by atoms with Gasteiger partial charge in [0.2, 0.25) is 0 Å². The van der Waals surface area contributed by atoms with E-state index in [-0.39, 0.29) is 16.4 Å². The molecule has 2 heterocycles. The van der Waals surface area contributed by atoms with Gasteiger partial charge in [0.05, 0.1) is 11.9 Å². The Kier molecular flexibility index (Phi) is 4.23. The monoisotopic (exact) mass is 355 g/mol. The molecule has 24 heavy (non-hydrogen) atoms. The van der Waals surface area contributed by atoms with Crippen LogP contribution in [0.5, 0.6) is 0 Å². The fourth-order valence-electron chi connectivity index (χ4n) is 2.76. The second-order valence-electron chi connectivity index (χ2n) is 5.35. The summed E-state index contributed by atoms with van der Waals surface area (Å²) in [5, 5.41) is 12.8. The number of hydrogen-bond acceptors (Lipinski definition) is 4. The summed E-state index contributed by atoms with van der Waals surface area (Å²) < 4.78 is 27.6. The zero-order valence-electron chi connectivity index (χ0n) is 12.2. The second kappa shape index (κ2) is 6.20. The van der Waals surface area contributed by atoms with Gasteiger partial charge in [0.1, 0.15) is 22.6 Å². The molecule has 3 rings (SSSR count). The molecule has 1 N–H and O–H groups in total. The highest BCUT2D eigenvalue weighted by atomic mass is 35.5. The summed E-state index contributed by atoms with van der Waals surface area (Å²) in [7, 11) is 0. The summed E-state index contributed by atoms with van der Waals surface area (Å²) in [6, 6.07) is 1.91. The van der Waals surface area contributed by atoms with E-state index in [1.54, 1.807) is 0 Å². The number of benzene rings is 1. The van der Waals surface area contributed by atoms with Crippen molar-refractivity contribution in [3.63, 3.8) is 0 Å². The molecule has 0 bridgehead atoms. The molecule has 1 atom stereocenters. The molecule has 0 aliphatic carbocycles. The zero-order chi connectivity index (χ0) is 17.4. The highest BCUT2D eigenvalue weighted by Crippen LogP contribution is 2.29. The molecule has 0 spiro atoms. The van der Waals surface area contributed by atoms with Gasteiger partial charge in [-0.1, -0.05) is 11.6 Å². The summed E-state index contributed by atoms with van der Waals surface area (Å²) in [6.45, 7) is 0.423. The van der Waals surface area contributed by atoms with E-state index >= 15 is 0 Å². The third-order valence-corrected chi connectivity index (χ3v) is 4.24. The lowest BCUT2D eigenvalue weighted by Gasteiger charge is -2.24. The molecular weight excluding hydrogens is 344 g/mol. The first-order valence-electron chi connectivity index (χ1n) is 7.13. The Balaban J connectivity index is 2.07. The van der Waals surface area contributed by atoms with Gasteiger partial charge in [-0.05, 0) is 25.0 Å². The maximum Gasteiger partial charge on any atom is 0.326 e. The van der Waals surface area contributed by atoms with E-state index in [0.717, 1.165) is 12.1 Å². The molecule has 1 fully saturated rings. The Labute approximate surface area is 139 Å². The number of anilines is 1. The number of rotatable bonds is 3. The van der Waals surface area contributed by atoms with Gasteiger partial charge in [-0.2, -0.15) is 9.78 Å². The Morgan fingerprint density at radius 1 is 1.33 bits per heavy atom. The van der Waals surface area contributed by atoms with Crippen LogP contribution in [0.3, 0.4) is 0 Å². The van der Waals surface area contributed by atoms with Crippen LogP contribution in [0.1, 0.15) is 12.8 Å². The van der Waals surface area contributed by atoms with Crippen LogP contribution < -0.4 is 10.5 Å². The molecule has 6 nitrogen and oxygen atoms in total. The van der Waals surface area contributed by atoms with E-state index in [1.165, 1.54) is 11.1 Å². The van der Waals surface area contributed by atoms with Crippen molar-refractivity contribution in [1.82, 2.24) is 9.78 Å². The van der Waals surface area contributed by atoms with Crippen LogP contribution in [0.15, 0.2) is 29.2 Å². The van der Waals surface area contributed by atoms with Crippen molar-refractivity contribution in [2.24, 2.45) is 0 Å². The fraction of sp³-hybridized carbons (Fsp3) is 0.267. The summed E-state index contributed by atoms with van der Waals surface area (Å²) in [5.74, 6) is -2.76. The first-order chi connectivity index (χ1) is 11.4. The first-order valence-corrected chi connectivity index (χ1v) is 7.50. The maximum absolute atomic E-state index is 13.8. The summed E-state index contributed by atoms with van der Waals surface area (Å²) in [6.07, 6.45) is 2.29. The van der Waals surface area contributed by atoms with Crippen LogP contribution >= 0.6 is 11.6 Å². The quantitative estimate of drug-likeness (QED) is 0.913. The molecule has 1 aliphatic heterocycles. The highest BCUT2D eigenvalue weighted by molar-refractivity contribution is 6.33. The smallest absolute Gasteiger partial charge is 0.326 e. The molecule has 1 aromatic carbocycles. The van der Waals surface area contributed by atoms with Crippen molar-refractivity contribution in [3.8, 4) is 5.69 Å². The van der Waals surface area contributed by atoms with Crippen LogP contribution in [-0.4, -0.2) is 33.4 Å². The van der Waals surface area contributed by atoms with Crippen LogP contribution in [0.25, 0.3) is 5.69 Å². The average Bonchev–Trinajstić information content (AvgIpc) is 3.00. The minimum Gasteiger partial charge on any atom is -0.480 e. The predicted octanol–water partition coefficient (Wildman–Crippen LogP) is 2.22. The number of halogens is 3. The van der Waals surface area contributed by atoms with Gasteiger partial charge in [0, 0.05) is 12.6 Å². The molecule has 9 heteroatoms. The molecule has 0 unspecified atom stereocenters. The molecule has 1 aromatic heterocycles. The molecular formula is C15H12ClF2N3O3. The van der Waals surface area contributed by atoms with Gasteiger partial charge in [-0.3, -0.25) is 4.79 Å². The molecule has 1 aliphatic rings. The minimum absolute atomic E-state index is 0.185. The van der Waals surface area contributed by atoms with Gasteiger partial charge >= 0.3 is 5.97 Å². The molecule has 0 amide bonds. The Bertz CT molecular complexity index is 872. The van der Waals surface area contributed by atoms with Crippen molar-refractivity contribution >= 4 is 23.3 Å². The topological polar surface area (TPSA) is 75.4 Å². The molecule has 126 valence electrons. The van der Waals surface area contributed by atoms with Crippen molar-refractivity contribution in [2.45, 2.75) is 18.9 Å². The van der Waals surface area contributed by atoms with Gasteiger partial charge in [-0.15, -0.1) is 0 Å². The van der Waals surface area contributed by atoms with Gasteiger partial charge in [0.15, 0.2) is 5.82 Å². The standard InChI is InChI=1S/C15H12ClF2N3O3/c16-13-12(20-5-1-2-11(20)15(23)24)7-19-21(14(13)22)10-4-3-8(17)6-9(10)18/h3-4,6-7,11H,1-2,5H2,(H,23,24)/t11-/m0/s1. The summed E-state index contributed by atoms with van der Waals surface area (Å²) >= 11 is 6.08. The predicted molar refractivity (Wildman–Crippen MR) is 82.8 cm³/mol. The SMILES string of the molecule is O=C(O)[C@@H]1CCCN1c1cnn(-c2ccc(F)cc2F)c(=O)c1Cl. The molecule has 0 saturated carbocycles. The van der Waals surface area contributed by atoms with Crippen molar-refractivity contribution in [1.29, 1.82) is 0 Å². The second-order valence-corrected chi connectivity index (χ2v) is 5.72. The van der Waals surface area contributed by atoms with E-state index in [1.807, 2.05) is 0 Å². The van der Waals surface area contributed by atoms with E-state index < -0.39 is 29.2 Å². The number of hydrogen-bond donors (Lipinski definition) is 1. The minimum atomic E-state index is -1.02. The Hall–Kier alpha value is -2.48. The van der Waals surface area contributed by atoms with Crippen molar-refractivity contribution < 1.29 is 18.7 Å². The number of aromatic nitrogens is 2. The largest absolute Gasteiger partial charge is 0.480 e. The first kappa shape index (κ1) is 16.4. The van der Waals surface area contributed by atoms with Gasteiger partial charge in [0.25, 0.3) is 5.56 Å². The lowest BCUT2D eigenvalue weighted by molar-refractivity contribution is -0.138. The third-order valence-electron chi connectivity index (χ3n) is 3.89. The average molecular weight is 356 g/mol. The van der Waals surface area contributed by atoms with E-state index in [4.69, 9.17) is 11.6 Å². The normalized spacial score (nSPS) is 17.3. The number of nitrogens with zero attached hydrogens (tertiary/aromatic N) is 3. The maximum atomic E-state index is 13.8. The summed E-state index contributed by atoms with van der Waals surface area (Å²) in [5.41, 5.74) is -0.868. The molecule has 2 aromatic rings. The van der Waals surface area contributed by atoms with Crippen LogP contribution in [0.4, 0.5) is 14.5 Å². The number of carboxylic acids is 1. The Morgan fingerprint density at radius 3 is 2.75 bits per heavy atom. The fourth-order valence-corrected chi connectivity index (χ4v) is 3.00. The van der Waals surface area contributed by atoms with Gasteiger partial charge < -0.3 is 10.0 Å². The molecule has 0 radical (unpaired) electrons. The van der Waals surface area contributed by atoms with Crippen molar-refractivity contribution in [3.05, 3.63) is 51.4 Å². The third kappa shape index (κ3) is 2.73. The number of carboxylic acid groups (broad SMARTS) is 1. The van der Waals surface area contributed by atoms with Crippen LogP contribution in [-0.2, 0) is 4.79 Å². The Morgan fingerprint density at radius 2 is 2.08 bits per heavy atom. The summed E-state index contributed by atoms with van der Waals surface area (Å²) in [4.78, 5) is 25.2. The zero-order valence-corrected chi connectivity index (χ0v) is 13.0.